The number of imide groups is 1. The Morgan fingerprint density at radius 3 is 2.50 bits per heavy atom. The highest BCUT2D eigenvalue weighted by atomic mass is 16.5. The molecule has 5 nitrogen and oxygen atoms in total. The lowest BCUT2D eigenvalue weighted by Crippen LogP contribution is -2.34. The molecule has 1 heterocycles. The summed E-state index contributed by atoms with van der Waals surface area (Å²) in [6, 6.07) is 5.61. The summed E-state index contributed by atoms with van der Waals surface area (Å²) in [6.45, 7) is 2.17. The van der Waals surface area contributed by atoms with Crippen LogP contribution in [0.3, 0.4) is 0 Å². The van der Waals surface area contributed by atoms with Gasteiger partial charge in [0.25, 0.3) is 0 Å². The molecular weight excluding hydrogens is 232 g/mol. The zero-order valence-electron chi connectivity index (χ0n) is 10.5. The Balaban J connectivity index is 2.02. The highest BCUT2D eigenvalue weighted by Gasteiger charge is 2.28. The number of benzene rings is 1. The Morgan fingerprint density at radius 1 is 1.28 bits per heavy atom. The topological polar surface area (TPSA) is 58.6 Å². The van der Waals surface area contributed by atoms with E-state index in [2.05, 4.69) is 5.32 Å². The first-order chi connectivity index (χ1) is 8.61. The fourth-order valence-electron chi connectivity index (χ4n) is 1.92. The number of ether oxygens (including phenoxy) is 1. The summed E-state index contributed by atoms with van der Waals surface area (Å²) in [7, 11) is 1.61. The van der Waals surface area contributed by atoms with Crippen molar-refractivity contribution in [2.24, 2.45) is 0 Å². The van der Waals surface area contributed by atoms with Gasteiger partial charge in [-0.3, -0.25) is 14.5 Å². The predicted molar refractivity (Wildman–Crippen MR) is 67.3 cm³/mol. The Kier molecular flexibility index (Phi) is 3.50. The number of hydrogen-bond donors (Lipinski definition) is 1. The molecule has 1 aliphatic heterocycles. The quantitative estimate of drug-likeness (QED) is 0.821. The van der Waals surface area contributed by atoms with Gasteiger partial charge in [0.1, 0.15) is 5.75 Å². The lowest BCUT2D eigenvalue weighted by molar-refractivity contribution is -0.137. The third-order valence-corrected chi connectivity index (χ3v) is 3.02. The molecule has 1 N–H and O–H groups in total. The summed E-state index contributed by atoms with van der Waals surface area (Å²) in [5.74, 6) is 0.559. The average molecular weight is 248 g/mol. The number of amides is 2. The second-order valence-corrected chi connectivity index (χ2v) is 4.23. The minimum Gasteiger partial charge on any atom is -0.497 e. The second kappa shape index (κ2) is 5.08. The van der Waals surface area contributed by atoms with E-state index in [0.29, 0.717) is 12.8 Å². The predicted octanol–water partition coefficient (Wildman–Crippen LogP) is 1.52. The van der Waals surface area contributed by atoms with Crippen molar-refractivity contribution < 1.29 is 14.3 Å². The first kappa shape index (κ1) is 12.4. The number of rotatable bonds is 4. The largest absolute Gasteiger partial charge is 0.497 e. The maximum atomic E-state index is 11.4. The summed E-state index contributed by atoms with van der Waals surface area (Å²) in [5, 5.41) is 3.10. The van der Waals surface area contributed by atoms with Gasteiger partial charge in [-0.05, 0) is 30.7 Å². The van der Waals surface area contributed by atoms with Crippen LogP contribution in [-0.4, -0.2) is 30.5 Å². The van der Waals surface area contributed by atoms with E-state index in [1.165, 1.54) is 4.90 Å². The number of hydrogen-bond acceptors (Lipinski definition) is 4. The van der Waals surface area contributed by atoms with Crippen LogP contribution in [0.1, 0.15) is 18.4 Å². The molecule has 2 amide bonds. The third kappa shape index (κ3) is 2.45. The number of methoxy groups -OCH3 is 1. The van der Waals surface area contributed by atoms with Crippen LogP contribution in [0.5, 0.6) is 5.75 Å². The Bertz CT molecular complexity index is 469. The maximum absolute atomic E-state index is 11.4. The first-order valence-corrected chi connectivity index (χ1v) is 5.83. The molecule has 0 atom stereocenters. The van der Waals surface area contributed by atoms with Gasteiger partial charge in [0, 0.05) is 18.5 Å². The molecule has 0 spiro atoms. The molecule has 1 saturated heterocycles. The molecule has 18 heavy (non-hydrogen) atoms. The molecule has 0 saturated carbocycles. The van der Waals surface area contributed by atoms with Crippen LogP contribution in [-0.2, 0) is 9.59 Å². The normalized spacial score (nSPS) is 15.1. The zero-order chi connectivity index (χ0) is 13.1. The van der Waals surface area contributed by atoms with E-state index in [9.17, 15) is 9.59 Å². The number of aryl methyl sites for hydroxylation is 1. The van der Waals surface area contributed by atoms with Gasteiger partial charge in [-0.15, -0.1) is 0 Å². The average Bonchev–Trinajstić information content (AvgIpc) is 2.68. The van der Waals surface area contributed by atoms with Gasteiger partial charge in [0.05, 0.1) is 13.8 Å². The van der Waals surface area contributed by atoms with Crippen LogP contribution < -0.4 is 10.1 Å². The van der Waals surface area contributed by atoms with Crippen molar-refractivity contribution in [1.82, 2.24) is 4.90 Å². The van der Waals surface area contributed by atoms with E-state index < -0.39 is 0 Å². The lowest BCUT2D eigenvalue weighted by Gasteiger charge is -2.17. The van der Waals surface area contributed by atoms with E-state index in [1.807, 2.05) is 25.1 Å². The molecule has 1 fully saturated rings. The zero-order valence-corrected chi connectivity index (χ0v) is 10.5. The van der Waals surface area contributed by atoms with E-state index in [0.717, 1.165) is 17.0 Å². The molecule has 2 rings (SSSR count). The van der Waals surface area contributed by atoms with Crippen LogP contribution in [0, 0.1) is 6.92 Å². The summed E-state index contributed by atoms with van der Waals surface area (Å²) >= 11 is 0. The fourth-order valence-corrected chi connectivity index (χ4v) is 1.92. The van der Waals surface area contributed by atoms with Gasteiger partial charge in [-0.1, -0.05) is 0 Å². The van der Waals surface area contributed by atoms with Crippen LogP contribution in [0.15, 0.2) is 18.2 Å². The smallest absolute Gasteiger partial charge is 0.231 e. The van der Waals surface area contributed by atoms with Gasteiger partial charge in [-0.25, -0.2) is 0 Å². The van der Waals surface area contributed by atoms with Gasteiger partial charge < -0.3 is 10.1 Å². The van der Waals surface area contributed by atoms with Crippen LogP contribution in [0.25, 0.3) is 0 Å². The number of carbonyl (C=O) groups is 2. The SMILES string of the molecule is COc1ccc(NCN2C(=O)CCC2=O)c(C)c1. The minimum atomic E-state index is -0.112. The van der Waals surface area contributed by atoms with Crippen molar-refractivity contribution in [3.8, 4) is 5.75 Å². The van der Waals surface area contributed by atoms with E-state index in [4.69, 9.17) is 4.74 Å². The number of nitrogens with one attached hydrogen (secondary N) is 1. The molecule has 1 aromatic rings. The van der Waals surface area contributed by atoms with Gasteiger partial charge >= 0.3 is 0 Å². The molecule has 0 unspecified atom stereocenters. The molecule has 5 heteroatoms. The summed E-state index contributed by atoms with van der Waals surface area (Å²) in [5.41, 5.74) is 1.90. The molecule has 1 aliphatic rings. The summed E-state index contributed by atoms with van der Waals surface area (Å²) in [4.78, 5) is 24.1. The van der Waals surface area contributed by atoms with Crippen LogP contribution in [0.4, 0.5) is 5.69 Å². The van der Waals surface area contributed by atoms with Crippen molar-refractivity contribution in [2.45, 2.75) is 19.8 Å². The van der Waals surface area contributed by atoms with Crippen molar-refractivity contribution in [2.75, 3.05) is 19.1 Å². The first-order valence-electron chi connectivity index (χ1n) is 5.83. The van der Waals surface area contributed by atoms with Crippen LogP contribution in [0.2, 0.25) is 0 Å². The minimum absolute atomic E-state index is 0.112. The molecule has 1 aromatic carbocycles. The van der Waals surface area contributed by atoms with Gasteiger partial charge in [0.2, 0.25) is 11.8 Å². The Labute approximate surface area is 106 Å². The van der Waals surface area contributed by atoms with Crippen molar-refractivity contribution >= 4 is 17.5 Å². The van der Waals surface area contributed by atoms with Gasteiger partial charge in [-0.2, -0.15) is 0 Å². The van der Waals surface area contributed by atoms with Crippen molar-refractivity contribution in [1.29, 1.82) is 0 Å². The lowest BCUT2D eigenvalue weighted by atomic mass is 10.2. The van der Waals surface area contributed by atoms with E-state index in [-0.39, 0.29) is 18.5 Å². The van der Waals surface area contributed by atoms with E-state index >= 15 is 0 Å². The van der Waals surface area contributed by atoms with E-state index in [1.54, 1.807) is 7.11 Å². The second-order valence-electron chi connectivity index (χ2n) is 4.23. The molecule has 96 valence electrons. The van der Waals surface area contributed by atoms with Crippen molar-refractivity contribution in [3.05, 3.63) is 23.8 Å². The number of carbonyl (C=O) groups excluding carboxylic acids is 2. The summed E-state index contributed by atoms with van der Waals surface area (Å²) in [6.07, 6.45) is 0.643. The highest BCUT2D eigenvalue weighted by molar-refractivity contribution is 6.02. The standard InChI is InChI=1S/C13H16N2O3/c1-9-7-10(18-2)3-4-11(9)14-8-15-12(16)5-6-13(15)17/h3-4,7,14H,5-6,8H2,1-2H3. The van der Waals surface area contributed by atoms with Crippen molar-refractivity contribution in [3.63, 3.8) is 0 Å². The van der Waals surface area contributed by atoms with Gasteiger partial charge in [0.15, 0.2) is 0 Å². The molecule has 0 aliphatic carbocycles. The highest BCUT2D eigenvalue weighted by Crippen LogP contribution is 2.21. The van der Waals surface area contributed by atoms with Crippen LogP contribution >= 0.6 is 0 Å². The molecule has 0 aromatic heterocycles. The number of nitrogens with zero attached hydrogens (tertiary/aromatic N) is 1. The Hall–Kier alpha value is -2.04. The number of likely N-dealkylation sites (tertiary alicyclic amines) is 1. The third-order valence-electron chi connectivity index (χ3n) is 3.02. The monoisotopic (exact) mass is 248 g/mol. The molecule has 0 radical (unpaired) electrons. The molecular formula is C13H16N2O3. The fraction of sp³-hybridized carbons (Fsp3) is 0.385. The Morgan fingerprint density at radius 2 is 1.94 bits per heavy atom. The summed E-state index contributed by atoms with van der Waals surface area (Å²) < 4.78 is 5.12. The maximum Gasteiger partial charge on any atom is 0.231 e. The molecule has 0 bridgehead atoms. The number of anilines is 1.